The average Bonchev–Trinajstić information content (AvgIpc) is 2.63. The number of rotatable bonds is 3. The smallest absolute Gasteiger partial charge is 0.0783 e. The van der Waals surface area contributed by atoms with Crippen molar-refractivity contribution in [3.05, 3.63) is 46.7 Å². The normalized spacial score (nSPS) is 10.5. The van der Waals surface area contributed by atoms with Gasteiger partial charge in [0.25, 0.3) is 0 Å². The highest BCUT2D eigenvalue weighted by Gasteiger charge is 2.06. The van der Waals surface area contributed by atoms with E-state index in [0.717, 1.165) is 22.3 Å². The number of nitrogens with zero attached hydrogens (tertiary/aromatic N) is 2. The van der Waals surface area contributed by atoms with Crippen LogP contribution in [0.4, 0.5) is 0 Å². The molecule has 0 bridgehead atoms. The number of nitrogens with two attached hydrogens (primary N) is 1. The van der Waals surface area contributed by atoms with E-state index < -0.39 is 0 Å². The Morgan fingerprint density at radius 1 is 1.27 bits per heavy atom. The number of aromatic nitrogens is 2. The minimum atomic E-state index is 0.615. The van der Waals surface area contributed by atoms with E-state index in [0.29, 0.717) is 6.54 Å². The van der Waals surface area contributed by atoms with Crippen molar-refractivity contribution in [2.45, 2.75) is 6.42 Å². The first-order valence-electron chi connectivity index (χ1n) is 4.81. The van der Waals surface area contributed by atoms with Crippen LogP contribution in [0.1, 0.15) is 5.69 Å². The van der Waals surface area contributed by atoms with Gasteiger partial charge >= 0.3 is 0 Å². The molecule has 0 atom stereocenters. The first kappa shape index (κ1) is 10.4. The van der Waals surface area contributed by atoms with Crippen LogP contribution in [0.3, 0.4) is 0 Å². The van der Waals surface area contributed by atoms with Crippen LogP contribution in [0.15, 0.2) is 41.0 Å². The molecule has 0 saturated carbocycles. The van der Waals surface area contributed by atoms with Crippen LogP contribution in [-0.2, 0) is 6.42 Å². The van der Waals surface area contributed by atoms with Gasteiger partial charge in [-0.25, -0.2) is 4.68 Å². The average molecular weight is 266 g/mol. The van der Waals surface area contributed by atoms with Gasteiger partial charge < -0.3 is 5.73 Å². The molecule has 0 spiro atoms. The molecule has 1 aromatic heterocycles. The Kier molecular flexibility index (Phi) is 3.18. The minimum absolute atomic E-state index is 0.615. The monoisotopic (exact) mass is 265 g/mol. The zero-order chi connectivity index (χ0) is 10.7. The van der Waals surface area contributed by atoms with Crippen molar-refractivity contribution < 1.29 is 0 Å². The molecule has 0 radical (unpaired) electrons. The fourth-order valence-electron chi connectivity index (χ4n) is 1.41. The molecule has 4 heteroatoms. The molecule has 3 nitrogen and oxygen atoms in total. The van der Waals surface area contributed by atoms with Gasteiger partial charge in [-0.15, -0.1) is 0 Å². The number of para-hydroxylation sites is 1. The summed E-state index contributed by atoms with van der Waals surface area (Å²) >= 11 is 3.48. The Balaban J connectivity index is 2.34. The van der Waals surface area contributed by atoms with Crippen molar-refractivity contribution in [2.75, 3.05) is 6.54 Å². The molecule has 2 rings (SSSR count). The lowest BCUT2D eigenvalue weighted by atomic mass is 10.3. The molecule has 2 aromatic rings. The molecule has 1 aromatic carbocycles. The molecule has 0 aliphatic carbocycles. The minimum Gasteiger partial charge on any atom is -0.330 e. The van der Waals surface area contributed by atoms with Gasteiger partial charge in [0, 0.05) is 12.6 Å². The Labute approximate surface area is 97.0 Å². The topological polar surface area (TPSA) is 43.8 Å². The number of hydrogen-bond acceptors (Lipinski definition) is 2. The van der Waals surface area contributed by atoms with Crippen LogP contribution in [0, 0.1) is 0 Å². The predicted octanol–water partition coefficient (Wildman–Crippen LogP) is 2.14. The molecule has 0 aliphatic rings. The van der Waals surface area contributed by atoms with Crippen molar-refractivity contribution in [1.82, 2.24) is 9.78 Å². The summed E-state index contributed by atoms with van der Waals surface area (Å²) in [5, 5.41) is 4.46. The molecule has 0 fully saturated rings. The SMILES string of the molecule is NCCc1nn(-c2ccccc2)cc1Br. The quantitative estimate of drug-likeness (QED) is 0.924. The molecule has 1 heterocycles. The van der Waals surface area contributed by atoms with Crippen LogP contribution in [0.2, 0.25) is 0 Å². The van der Waals surface area contributed by atoms with Gasteiger partial charge in [-0.3, -0.25) is 0 Å². The highest BCUT2D eigenvalue weighted by Crippen LogP contribution is 2.17. The van der Waals surface area contributed by atoms with E-state index in [9.17, 15) is 0 Å². The first-order chi connectivity index (χ1) is 7.31. The maximum absolute atomic E-state index is 5.51. The van der Waals surface area contributed by atoms with Crippen LogP contribution in [0.25, 0.3) is 5.69 Å². The fraction of sp³-hybridized carbons (Fsp3) is 0.182. The van der Waals surface area contributed by atoms with E-state index in [1.165, 1.54) is 0 Å². The van der Waals surface area contributed by atoms with Crippen molar-refractivity contribution in [1.29, 1.82) is 0 Å². The van der Waals surface area contributed by atoms with Crippen LogP contribution in [-0.4, -0.2) is 16.3 Å². The Morgan fingerprint density at radius 3 is 2.67 bits per heavy atom. The molecular weight excluding hydrogens is 254 g/mol. The standard InChI is InChI=1S/C11H12BrN3/c12-10-8-15(14-11(10)6-7-13)9-4-2-1-3-5-9/h1-5,8H,6-7,13H2. The van der Waals surface area contributed by atoms with E-state index >= 15 is 0 Å². The van der Waals surface area contributed by atoms with E-state index in [2.05, 4.69) is 21.0 Å². The van der Waals surface area contributed by atoms with Crippen molar-refractivity contribution in [3.63, 3.8) is 0 Å². The van der Waals surface area contributed by atoms with Gasteiger partial charge in [-0.2, -0.15) is 5.10 Å². The van der Waals surface area contributed by atoms with Gasteiger partial charge in [0.05, 0.1) is 15.9 Å². The summed E-state index contributed by atoms with van der Waals surface area (Å²) in [6.07, 6.45) is 2.75. The second-order valence-corrected chi connectivity index (χ2v) is 4.10. The third-order valence-corrected chi connectivity index (χ3v) is 2.80. The third-order valence-electron chi connectivity index (χ3n) is 2.14. The Morgan fingerprint density at radius 2 is 2.00 bits per heavy atom. The number of halogens is 1. The molecular formula is C11H12BrN3. The summed E-state index contributed by atoms with van der Waals surface area (Å²) < 4.78 is 2.87. The first-order valence-corrected chi connectivity index (χ1v) is 5.60. The largest absolute Gasteiger partial charge is 0.330 e. The Hall–Kier alpha value is -1.13. The van der Waals surface area contributed by atoms with Gasteiger partial charge in [0.15, 0.2) is 0 Å². The summed E-state index contributed by atoms with van der Waals surface area (Å²) in [5.41, 5.74) is 7.57. The number of benzene rings is 1. The lowest BCUT2D eigenvalue weighted by molar-refractivity contribution is 0.821. The van der Waals surface area contributed by atoms with E-state index in [4.69, 9.17) is 5.73 Å². The van der Waals surface area contributed by atoms with Gasteiger partial charge in [-0.1, -0.05) is 18.2 Å². The summed E-state index contributed by atoms with van der Waals surface area (Å²) in [5.74, 6) is 0. The molecule has 0 aliphatic heterocycles. The van der Waals surface area contributed by atoms with E-state index in [-0.39, 0.29) is 0 Å². The second kappa shape index (κ2) is 4.59. The van der Waals surface area contributed by atoms with Crippen molar-refractivity contribution >= 4 is 15.9 Å². The van der Waals surface area contributed by atoms with Gasteiger partial charge in [0.2, 0.25) is 0 Å². The Bertz CT molecular complexity index is 436. The molecule has 78 valence electrons. The lowest BCUT2D eigenvalue weighted by Crippen LogP contribution is -2.04. The third kappa shape index (κ3) is 2.27. The molecule has 0 amide bonds. The summed E-state index contributed by atoms with van der Waals surface area (Å²) in [6, 6.07) is 10.0. The predicted molar refractivity (Wildman–Crippen MR) is 64.0 cm³/mol. The maximum atomic E-state index is 5.51. The van der Waals surface area contributed by atoms with Crippen molar-refractivity contribution in [3.8, 4) is 5.69 Å². The summed E-state index contributed by atoms with van der Waals surface area (Å²) in [4.78, 5) is 0. The summed E-state index contributed by atoms with van der Waals surface area (Å²) in [7, 11) is 0. The zero-order valence-corrected chi connectivity index (χ0v) is 9.81. The highest BCUT2D eigenvalue weighted by atomic mass is 79.9. The summed E-state index contributed by atoms with van der Waals surface area (Å²) in [6.45, 7) is 0.615. The van der Waals surface area contributed by atoms with Crippen LogP contribution >= 0.6 is 15.9 Å². The molecule has 2 N–H and O–H groups in total. The molecule has 15 heavy (non-hydrogen) atoms. The van der Waals surface area contributed by atoms with E-state index in [1.807, 2.05) is 41.2 Å². The van der Waals surface area contributed by atoms with Crippen LogP contribution in [0.5, 0.6) is 0 Å². The fourth-order valence-corrected chi connectivity index (χ4v) is 1.88. The van der Waals surface area contributed by atoms with Gasteiger partial charge in [-0.05, 0) is 34.6 Å². The lowest BCUT2D eigenvalue weighted by Gasteiger charge is -1.99. The van der Waals surface area contributed by atoms with Gasteiger partial charge in [0.1, 0.15) is 0 Å². The van der Waals surface area contributed by atoms with Crippen LogP contribution < -0.4 is 5.73 Å². The molecule has 0 unspecified atom stereocenters. The highest BCUT2D eigenvalue weighted by molar-refractivity contribution is 9.10. The number of hydrogen-bond donors (Lipinski definition) is 1. The van der Waals surface area contributed by atoms with Crippen molar-refractivity contribution in [2.24, 2.45) is 5.73 Å². The van der Waals surface area contributed by atoms with E-state index in [1.54, 1.807) is 0 Å². The molecule has 0 saturated heterocycles. The second-order valence-electron chi connectivity index (χ2n) is 3.24. The maximum Gasteiger partial charge on any atom is 0.0783 e. The zero-order valence-electron chi connectivity index (χ0n) is 8.23.